The molecule has 1 aliphatic carbocycles. The first-order chi connectivity index (χ1) is 12.2. The van der Waals surface area contributed by atoms with Gasteiger partial charge >= 0.3 is 6.03 Å². The summed E-state index contributed by atoms with van der Waals surface area (Å²) in [5, 5.41) is 5.79. The Bertz CT molecular complexity index is 650. The van der Waals surface area contributed by atoms with Crippen molar-refractivity contribution < 1.29 is 4.79 Å². The lowest BCUT2D eigenvalue weighted by atomic mass is 10.1. The summed E-state index contributed by atoms with van der Waals surface area (Å²) in [6.45, 7) is 4.85. The van der Waals surface area contributed by atoms with E-state index in [1.54, 1.807) is 11.3 Å². The lowest BCUT2D eigenvalue weighted by Crippen LogP contribution is -2.53. The van der Waals surface area contributed by atoms with Crippen molar-refractivity contribution in [3.05, 3.63) is 12.2 Å². The maximum atomic E-state index is 12.6. The van der Waals surface area contributed by atoms with Gasteiger partial charge in [-0.2, -0.15) is 10.1 Å². The summed E-state index contributed by atoms with van der Waals surface area (Å²) in [4.78, 5) is 30.0. The number of anilines is 1. The number of carbonyl (C=O) groups is 1. The Kier molecular flexibility index (Phi) is 4.50. The van der Waals surface area contributed by atoms with Crippen LogP contribution in [-0.4, -0.2) is 69.3 Å². The van der Waals surface area contributed by atoms with Crippen molar-refractivity contribution in [3.8, 4) is 0 Å². The second-order valence-electron chi connectivity index (χ2n) is 7.11. The molecule has 134 valence electrons. The smallest absolute Gasteiger partial charge is 0.337 e. The molecule has 1 aromatic heterocycles. The lowest BCUT2D eigenvalue weighted by molar-refractivity contribution is 0.142. The molecule has 4 rings (SSSR count). The number of rotatable bonds is 2. The van der Waals surface area contributed by atoms with Crippen molar-refractivity contribution in [3.63, 3.8) is 0 Å². The molecule has 2 aliphatic heterocycles. The minimum Gasteiger partial charge on any atom is -0.337 e. The van der Waals surface area contributed by atoms with Crippen LogP contribution in [0.25, 0.3) is 0 Å². The highest BCUT2D eigenvalue weighted by molar-refractivity contribution is 5.78. The van der Waals surface area contributed by atoms with Crippen LogP contribution in [-0.2, 0) is 0 Å². The largest absolute Gasteiger partial charge is 0.340 e. The van der Waals surface area contributed by atoms with Crippen LogP contribution >= 0.6 is 0 Å². The molecule has 0 spiro atoms. The number of nitrogens with zero attached hydrogens (tertiary/aromatic N) is 7. The van der Waals surface area contributed by atoms with Gasteiger partial charge in [0.05, 0.1) is 6.04 Å². The van der Waals surface area contributed by atoms with Crippen molar-refractivity contribution in [2.24, 2.45) is 5.10 Å². The molecule has 1 atom stereocenters. The van der Waals surface area contributed by atoms with Gasteiger partial charge in [-0.25, -0.2) is 19.8 Å². The summed E-state index contributed by atoms with van der Waals surface area (Å²) >= 11 is 0. The van der Waals surface area contributed by atoms with Gasteiger partial charge in [-0.3, -0.25) is 0 Å². The summed E-state index contributed by atoms with van der Waals surface area (Å²) in [5.41, 5.74) is 0. The second kappa shape index (κ2) is 6.93. The Morgan fingerprint density at radius 2 is 1.88 bits per heavy atom. The molecule has 0 N–H and O–H groups in total. The molecule has 2 fully saturated rings. The zero-order chi connectivity index (χ0) is 17.2. The zero-order valence-electron chi connectivity index (χ0n) is 14.7. The van der Waals surface area contributed by atoms with Gasteiger partial charge in [-0.1, -0.05) is 12.8 Å². The van der Waals surface area contributed by atoms with Gasteiger partial charge in [0.15, 0.2) is 0 Å². The quantitative estimate of drug-likeness (QED) is 0.819. The third kappa shape index (κ3) is 3.29. The summed E-state index contributed by atoms with van der Waals surface area (Å²) in [6, 6.07) is 0.159. The van der Waals surface area contributed by atoms with E-state index in [-0.39, 0.29) is 12.1 Å². The first-order valence-corrected chi connectivity index (χ1v) is 9.27. The fourth-order valence-corrected chi connectivity index (χ4v) is 3.81. The average Bonchev–Trinajstić information content (AvgIpc) is 3.33. The van der Waals surface area contributed by atoms with Crippen LogP contribution in [0.4, 0.5) is 10.7 Å². The first kappa shape index (κ1) is 16.2. The van der Waals surface area contributed by atoms with Crippen LogP contribution in [0, 0.1) is 0 Å². The molecule has 0 aromatic carbocycles. The molecule has 2 amide bonds. The van der Waals surface area contributed by atoms with E-state index in [0.717, 1.165) is 31.3 Å². The van der Waals surface area contributed by atoms with Crippen LogP contribution in [0.5, 0.6) is 0 Å². The molecule has 1 saturated heterocycles. The highest BCUT2D eigenvalue weighted by Crippen LogP contribution is 2.32. The highest BCUT2D eigenvalue weighted by atomic mass is 16.2. The second-order valence-corrected chi connectivity index (χ2v) is 7.11. The fourth-order valence-electron chi connectivity index (χ4n) is 3.81. The molecule has 8 heteroatoms. The Balaban J connectivity index is 1.38. The van der Waals surface area contributed by atoms with E-state index in [4.69, 9.17) is 4.98 Å². The van der Waals surface area contributed by atoms with Gasteiger partial charge < -0.3 is 9.80 Å². The van der Waals surface area contributed by atoms with Crippen LogP contribution in [0.3, 0.4) is 0 Å². The minimum absolute atomic E-state index is 0.00295. The SMILES string of the molecule is CC1CC=NN1C(=O)N1CCN(c2ncnc(C3CCCC3)n2)CC1. The highest BCUT2D eigenvalue weighted by Gasteiger charge is 2.30. The molecule has 0 bridgehead atoms. The average molecular weight is 343 g/mol. The van der Waals surface area contributed by atoms with E-state index in [1.165, 1.54) is 25.7 Å². The monoisotopic (exact) mass is 343 g/mol. The molecular formula is C17H25N7O. The number of hydrogen-bond acceptors (Lipinski definition) is 6. The Morgan fingerprint density at radius 1 is 1.12 bits per heavy atom. The van der Waals surface area contributed by atoms with Crippen molar-refractivity contribution in [1.29, 1.82) is 0 Å². The molecule has 0 radical (unpaired) electrons. The van der Waals surface area contributed by atoms with Crippen molar-refractivity contribution >= 4 is 18.2 Å². The molecule has 8 nitrogen and oxygen atoms in total. The van der Waals surface area contributed by atoms with E-state index in [0.29, 0.717) is 19.0 Å². The summed E-state index contributed by atoms with van der Waals surface area (Å²) < 4.78 is 0. The van der Waals surface area contributed by atoms with Crippen LogP contribution in [0.2, 0.25) is 0 Å². The van der Waals surface area contributed by atoms with Gasteiger partial charge in [0.25, 0.3) is 0 Å². The van der Waals surface area contributed by atoms with Gasteiger partial charge in [0.1, 0.15) is 12.2 Å². The Hall–Kier alpha value is -2.25. The third-order valence-electron chi connectivity index (χ3n) is 5.40. The Labute approximate surface area is 147 Å². The topological polar surface area (TPSA) is 77.8 Å². The van der Waals surface area contributed by atoms with E-state index in [1.807, 2.05) is 18.0 Å². The maximum Gasteiger partial charge on any atom is 0.340 e. The van der Waals surface area contributed by atoms with Gasteiger partial charge in [0.2, 0.25) is 5.95 Å². The van der Waals surface area contributed by atoms with Crippen molar-refractivity contribution in [2.45, 2.75) is 51.0 Å². The number of piperazine rings is 1. The maximum absolute atomic E-state index is 12.6. The van der Waals surface area contributed by atoms with Gasteiger partial charge in [-0.05, 0) is 19.8 Å². The number of hydrogen-bond donors (Lipinski definition) is 0. The van der Waals surface area contributed by atoms with E-state index >= 15 is 0 Å². The van der Waals surface area contributed by atoms with Crippen molar-refractivity contribution in [1.82, 2.24) is 24.9 Å². The molecule has 1 saturated carbocycles. The fraction of sp³-hybridized carbons (Fsp3) is 0.706. The predicted octanol–water partition coefficient (Wildman–Crippen LogP) is 1.85. The van der Waals surface area contributed by atoms with Crippen LogP contribution < -0.4 is 4.90 Å². The lowest BCUT2D eigenvalue weighted by Gasteiger charge is -2.36. The van der Waals surface area contributed by atoms with Crippen LogP contribution in [0.15, 0.2) is 11.4 Å². The van der Waals surface area contributed by atoms with E-state index in [9.17, 15) is 4.79 Å². The molecule has 1 aromatic rings. The number of hydrazone groups is 1. The summed E-state index contributed by atoms with van der Waals surface area (Å²) in [5.74, 6) is 2.16. The van der Waals surface area contributed by atoms with Gasteiger partial charge in [-0.15, -0.1) is 0 Å². The molecule has 3 heterocycles. The number of carbonyl (C=O) groups excluding carboxylic acids is 1. The predicted molar refractivity (Wildman–Crippen MR) is 94.6 cm³/mol. The molecule has 25 heavy (non-hydrogen) atoms. The first-order valence-electron chi connectivity index (χ1n) is 9.27. The summed E-state index contributed by atoms with van der Waals surface area (Å²) in [6.07, 6.45) is 9.18. The van der Waals surface area contributed by atoms with Crippen LogP contribution in [0.1, 0.15) is 50.8 Å². The summed E-state index contributed by atoms with van der Waals surface area (Å²) in [7, 11) is 0. The number of amides is 2. The molecular weight excluding hydrogens is 318 g/mol. The van der Waals surface area contributed by atoms with Crippen molar-refractivity contribution in [2.75, 3.05) is 31.1 Å². The van der Waals surface area contributed by atoms with E-state index in [2.05, 4.69) is 20.0 Å². The standard InChI is InChI=1S/C17H25N7O/c1-13-6-7-20-24(13)17(25)23-10-8-22(9-11-23)16-19-12-18-15(21-16)14-4-2-3-5-14/h7,12-14H,2-6,8-11H2,1H3. The molecule has 1 unspecified atom stereocenters. The Morgan fingerprint density at radius 3 is 2.56 bits per heavy atom. The normalized spacial score (nSPS) is 24.4. The minimum atomic E-state index is 0.00295. The van der Waals surface area contributed by atoms with E-state index < -0.39 is 0 Å². The number of aromatic nitrogens is 3. The third-order valence-corrected chi connectivity index (χ3v) is 5.40. The molecule has 3 aliphatic rings. The zero-order valence-corrected chi connectivity index (χ0v) is 14.7. The number of urea groups is 1. The van der Waals surface area contributed by atoms with Gasteiger partial charge in [0, 0.05) is 44.7 Å².